The molecule has 0 aliphatic rings. The van der Waals surface area contributed by atoms with Crippen LogP contribution in [0.1, 0.15) is 60.1 Å². The van der Waals surface area contributed by atoms with Crippen LogP contribution in [0.5, 0.6) is 5.75 Å². The molecular formula is C22H35N3O6. The van der Waals surface area contributed by atoms with Crippen LogP contribution in [-0.2, 0) is 14.3 Å². The van der Waals surface area contributed by atoms with Crippen molar-refractivity contribution in [1.29, 1.82) is 0 Å². The number of aliphatic hydroxyl groups is 1. The maximum absolute atomic E-state index is 13.2. The molecule has 0 radical (unpaired) electrons. The molecule has 0 saturated heterocycles. The molecule has 0 bridgehead atoms. The Bertz CT molecular complexity index is 782. The monoisotopic (exact) mass is 437 g/mol. The highest BCUT2D eigenvalue weighted by Gasteiger charge is 2.35. The maximum atomic E-state index is 13.2. The Labute approximate surface area is 183 Å². The first-order valence-corrected chi connectivity index (χ1v) is 10.2. The van der Waals surface area contributed by atoms with E-state index < -0.39 is 47.7 Å². The number of phenols is 1. The van der Waals surface area contributed by atoms with Crippen molar-refractivity contribution in [2.45, 2.75) is 71.7 Å². The van der Waals surface area contributed by atoms with Crippen molar-refractivity contribution in [2.24, 2.45) is 0 Å². The van der Waals surface area contributed by atoms with Crippen LogP contribution in [0.15, 0.2) is 24.3 Å². The van der Waals surface area contributed by atoms with Crippen molar-refractivity contribution >= 4 is 17.9 Å². The number of phenolic OH excluding ortho intramolecular Hbond substituents is 1. The lowest BCUT2D eigenvalue weighted by Crippen LogP contribution is -2.54. The van der Waals surface area contributed by atoms with Crippen LogP contribution in [0.2, 0.25) is 0 Å². The summed E-state index contributed by atoms with van der Waals surface area (Å²) in [4.78, 5) is 39.6. The molecule has 0 aliphatic carbocycles. The lowest BCUT2D eigenvalue weighted by Gasteiger charge is -2.35. The van der Waals surface area contributed by atoms with Gasteiger partial charge in [0.1, 0.15) is 23.4 Å². The molecule has 9 heteroatoms. The van der Waals surface area contributed by atoms with Crippen LogP contribution in [0.4, 0.5) is 4.79 Å². The van der Waals surface area contributed by atoms with Gasteiger partial charge in [-0.2, -0.15) is 0 Å². The second-order valence-corrected chi connectivity index (χ2v) is 9.36. The minimum atomic E-state index is -1.13. The van der Waals surface area contributed by atoms with E-state index in [1.807, 2.05) is 0 Å². The number of hydrogen-bond acceptors (Lipinski definition) is 6. The third kappa shape index (κ3) is 8.84. The van der Waals surface area contributed by atoms with Gasteiger partial charge in [-0.05, 0) is 66.2 Å². The molecular weight excluding hydrogens is 402 g/mol. The van der Waals surface area contributed by atoms with Gasteiger partial charge in [0.05, 0.1) is 6.61 Å². The average molecular weight is 438 g/mol. The van der Waals surface area contributed by atoms with E-state index in [4.69, 9.17) is 4.74 Å². The van der Waals surface area contributed by atoms with E-state index in [2.05, 4.69) is 10.6 Å². The average Bonchev–Trinajstić information content (AvgIpc) is 2.57. The van der Waals surface area contributed by atoms with Crippen molar-refractivity contribution in [3.63, 3.8) is 0 Å². The summed E-state index contributed by atoms with van der Waals surface area (Å²) >= 11 is 0. The Kier molecular flexibility index (Phi) is 8.86. The molecule has 174 valence electrons. The lowest BCUT2D eigenvalue weighted by atomic mass is 10.0. The zero-order chi connectivity index (χ0) is 24.0. The number of alkyl carbamates (subject to hydrolysis) is 1. The van der Waals surface area contributed by atoms with Gasteiger partial charge in [0.25, 0.3) is 0 Å². The predicted octanol–water partition coefficient (Wildman–Crippen LogP) is 2.08. The molecule has 9 nitrogen and oxygen atoms in total. The van der Waals surface area contributed by atoms with Crippen LogP contribution in [0, 0.1) is 0 Å². The second kappa shape index (κ2) is 10.5. The lowest BCUT2D eigenvalue weighted by molar-refractivity contribution is -0.143. The standard InChI is InChI=1S/C22H35N3O6/c1-14(23-20(30)31-22(5,6)7)19(29)25(11-12-26)17(18(28)24-21(2,3)4)15-9-8-10-16(27)13-15/h8-10,13-14,17,26-27H,11-12H2,1-7H3,(H,23,30)(H,24,28). The van der Waals surface area contributed by atoms with Crippen LogP contribution in [0.3, 0.4) is 0 Å². The van der Waals surface area contributed by atoms with E-state index in [-0.39, 0.29) is 12.3 Å². The third-order valence-corrected chi connectivity index (χ3v) is 3.97. The molecule has 1 aromatic carbocycles. The summed E-state index contributed by atoms with van der Waals surface area (Å²) in [7, 11) is 0. The van der Waals surface area contributed by atoms with Crippen molar-refractivity contribution in [2.75, 3.05) is 13.2 Å². The van der Waals surface area contributed by atoms with Crippen molar-refractivity contribution in [3.8, 4) is 5.75 Å². The number of rotatable bonds is 7. The van der Waals surface area contributed by atoms with E-state index in [1.54, 1.807) is 53.7 Å². The summed E-state index contributed by atoms with van der Waals surface area (Å²) in [6.45, 7) is 11.4. The molecule has 1 rings (SSSR count). The van der Waals surface area contributed by atoms with Crippen LogP contribution >= 0.6 is 0 Å². The highest BCUT2D eigenvalue weighted by Crippen LogP contribution is 2.26. The van der Waals surface area contributed by atoms with E-state index in [0.717, 1.165) is 0 Å². The van der Waals surface area contributed by atoms with Gasteiger partial charge in [0.2, 0.25) is 11.8 Å². The Hall–Kier alpha value is -2.81. The maximum Gasteiger partial charge on any atom is 0.408 e. The largest absolute Gasteiger partial charge is 0.508 e. The number of ether oxygens (including phenoxy) is 1. The zero-order valence-corrected chi connectivity index (χ0v) is 19.4. The molecule has 2 atom stereocenters. The van der Waals surface area contributed by atoms with Gasteiger partial charge >= 0.3 is 6.09 Å². The SMILES string of the molecule is CC(NC(=O)OC(C)(C)C)C(=O)N(CCO)C(C(=O)NC(C)(C)C)c1cccc(O)c1. The number of nitrogens with zero attached hydrogens (tertiary/aromatic N) is 1. The molecule has 31 heavy (non-hydrogen) atoms. The minimum Gasteiger partial charge on any atom is -0.508 e. The van der Waals surface area contributed by atoms with Crippen molar-refractivity contribution in [3.05, 3.63) is 29.8 Å². The normalized spacial score (nSPS) is 13.7. The predicted molar refractivity (Wildman–Crippen MR) is 116 cm³/mol. The number of carbonyl (C=O) groups excluding carboxylic acids is 3. The van der Waals surface area contributed by atoms with Crippen LogP contribution in [0.25, 0.3) is 0 Å². The molecule has 0 aromatic heterocycles. The third-order valence-electron chi connectivity index (χ3n) is 3.97. The van der Waals surface area contributed by atoms with E-state index in [9.17, 15) is 24.6 Å². The fraction of sp³-hybridized carbons (Fsp3) is 0.591. The summed E-state index contributed by atoms with van der Waals surface area (Å²) in [6, 6.07) is 3.85. The number of amides is 3. The molecule has 2 unspecified atom stereocenters. The number of carbonyl (C=O) groups is 3. The summed E-state index contributed by atoms with van der Waals surface area (Å²) in [5, 5.41) is 24.8. The molecule has 1 aromatic rings. The molecule has 0 saturated carbocycles. The summed E-state index contributed by atoms with van der Waals surface area (Å²) in [5.41, 5.74) is -0.956. The number of aromatic hydroxyl groups is 1. The van der Waals surface area contributed by atoms with E-state index >= 15 is 0 Å². The van der Waals surface area contributed by atoms with E-state index in [0.29, 0.717) is 5.56 Å². The smallest absolute Gasteiger partial charge is 0.408 e. The number of hydrogen-bond donors (Lipinski definition) is 4. The van der Waals surface area contributed by atoms with Gasteiger partial charge in [0.15, 0.2) is 0 Å². The quantitative estimate of drug-likeness (QED) is 0.517. The molecule has 0 fully saturated rings. The first-order chi connectivity index (χ1) is 14.1. The summed E-state index contributed by atoms with van der Waals surface area (Å²) in [5.74, 6) is -1.14. The van der Waals surface area contributed by atoms with Crippen molar-refractivity contribution in [1.82, 2.24) is 15.5 Å². The first kappa shape index (κ1) is 26.2. The minimum absolute atomic E-state index is 0.0672. The Balaban J connectivity index is 3.27. The first-order valence-electron chi connectivity index (χ1n) is 10.2. The molecule has 3 amide bonds. The molecule has 0 heterocycles. The van der Waals surface area contributed by atoms with Gasteiger partial charge in [-0.1, -0.05) is 12.1 Å². The number of nitrogens with one attached hydrogen (secondary N) is 2. The Morgan fingerprint density at radius 3 is 2.23 bits per heavy atom. The Morgan fingerprint density at radius 2 is 1.74 bits per heavy atom. The number of aliphatic hydroxyl groups excluding tert-OH is 1. The summed E-state index contributed by atoms with van der Waals surface area (Å²) in [6.07, 6.45) is -0.773. The highest BCUT2D eigenvalue weighted by atomic mass is 16.6. The fourth-order valence-corrected chi connectivity index (χ4v) is 2.87. The zero-order valence-electron chi connectivity index (χ0n) is 19.4. The topological polar surface area (TPSA) is 128 Å². The van der Waals surface area contributed by atoms with Gasteiger partial charge in [-0.25, -0.2) is 4.79 Å². The molecule has 0 spiro atoms. The van der Waals surface area contributed by atoms with Gasteiger partial charge in [0, 0.05) is 12.1 Å². The highest BCUT2D eigenvalue weighted by molar-refractivity contribution is 5.92. The fourth-order valence-electron chi connectivity index (χ4n) is 2.87. The number of benzene rings is 1. The molecule has 4 N–H and O–H groups in total. The van der Waals surface area contributed by atoms with E-state index in [1.165, 1.54) is 24.0 Å². The van der Waals surface area contributed by atoms with Gasteiger partial charge in [-0.15, -0.1) is 0 Å². The van der Waals surface area contributed by atoms with Crippen LogP contribution in [-0.4, -0.2) is 63.4 Å². The van der Waals surface area contributed by atoms with Crippen LogP contribution < -0.4 is 10.6 Å². The second-order valence-electron chi connectivity index (χ2n) is 9.36. The Morgan fingerprint density at radius 1 is 1.13 bits per heavy atom. The summed E-state index contributed by atoms with van der Waals surface area (Å²) < 4.78 is 5.19. The molecule has 0 aliphatic heterocycles. The van der Waals surface area contributed by atoms with Gasteiger partial charge < -0.3 is 30.5 Å². The van der Waals surface area contributed by atoms with Gasteiger partial charge in [-0.3, -0.25) is 9.59 Å². The van der Waals surface area contributed by atoms with Crippen molar-refractivity contribution < 1.29 is 29.3 Å².